The van der Waals surface area contributed by atoms with E-state index in [1.54, 1.807) is 0 Å². The van der Waals surface area contributed by atoms with Crippen molar-refractivity contribution in [2.75, 3.05) is 0 Å². The molecule has 3 nitrogen and oxygen atoms in total. The third kappa shape index (κ3) is 4.77. The second-order valence-electron chi connectivity index (χ2n) is 10.7. The highest BCUT2D eigenvalue weighted by Gasteiger charge is 2.12. The Morgan fingerprint density at radius 1 is 0.326 bits per heavy atom. The van der Waals surface area contributed by atoms with Crippen molar-refractivity contribution >= 4 is 21.9 Å². The molecule has 0 saturated carbocycles. The van der Waals surface area contributed by atoms with Crippen LogP contribution in [0.1, 0.15) is 0 Å². The molecule has 0 spiro atoms. The second kappa shape index (κ2) is 10.6. The molecule has 0 atom stereocenters. The fourth-order valence-corrected chi connectivity index (χ4v) is 5.66. The second-order valence-corrected chi connectivity index (χ2v) is 10.7. The van der Waals surface area contributed by atoms with Crippen LogP contribution in [0, 0.1) is 0 Å². The van der Waals surface area contributed by atoms with Crippen LogP contribution in [0.25, 0.3) is 78.1 Å². The molecule has 0 amide bonds. The van der Waals surface area contributed by atoms with Crippen molar-refractivity contribution in [1.82, 2.24) is 9.97 Å². The first-order valence-electron chi connectivity index (χ1n) is 14.4. The molecule has 0 aliphatic carbocycles. The summed E-state index contributed by atoms with van der Waals surface area (Å²) in [5, 5.41) is 2.29. The Labute approximate surface area is 249 Å². The maximum absolute atomic E-state index is 6.01. The summed E-state index contributed by atoms with van der Waals surface area (Å²) < 4.78 is 6.01. The van der Waals surface area contributed by atoms with E-state index < -0.39 is 0 Å². The minimum absolute atomic E-state index is 0.721. The Hall–Kier alpha value is -5.80. The summed E-state index contributed by atoms with van der Waals surface area (Å²) >= 11 is 0. The molecule has 2 aromatic heterocycles. The van der Waals surface area contributed by atoms with E-state index in [0.717, 1.165) is 61.4 Å². The van der Waals surface area contributed by atoms with Gasteiger partial charge < -0.3 is 4.42 Å². The van der Waals surface area contributed by atoms with E-state index in [2.05, 4.69) is 109 Å². The van der Waals surface area contributed by atoms with Gasteiger partial charge in [0.2, 0.25) is 0 Å². The summed E-state index contributed by atoms with van der Waals surface area (Å²) in [5.41, 5.74) is 11.4. The maximum Gasteiger partial charge on any atom is 0.160 e. The Morgan fingerprint density at radius 3 is 1.44 bits per heavy atom. The van der Waals surface area contributed by atoms with Crippen molar-refractivity contribution in [2.24, 2.45) is 0 Å². The lowest BCUT2D eigenvalue weighted by Crippen LogP contribution is -1.95. The number of hydrogen-bond acceptors (Lipinski definition) is 3. The van der Waals surface area contributed by atoms with Crippen LogP contribution in [-0.2, 0) is 0 Å². The lowest BCUT2D eigenvalue weighted by atomic mass is 9.98. The summed E-state index contributed by atoms with van der Waals surface area (Å²) in [4.78, 5) is 9.88. The van der Waals surface area contributed by atoms with Gasteiger partial charge in [0.15, 0.2) is 5.82 Å². The molecule has 2 heterocycles. The first-order valence-corrected chi connectivity index (χ1v) is 14.4. The Morgan fingerprint density at radius 2 is 0.791 bits per heavy atom. The van der Waals surface area contributed by atoms with Gasteiger partial charge in [-0.2, -0.15) is 0 Å². The van der Waals surface area contributed by atoms with Crippen molar-refractivity contribution < 1.29 is 4.42 Å². The van der Waals surface area contributed by atoms with E-state index in [1.807, 2.05) is 48.5 Å². The van der Waals surface area contributed by atoms with Crippen LogP contribution in [-0.4, -0.2) is 9.97 Å². The van der Waals surface area contributed by atoms with Crippen molar-refractivity contribution in [3.05, 3.63) is 158 Å². The first-order chi connectivity index (χ1) is 21.3. The first kappa shape index (κ1) is 25.0. The molecular weight excluding hydrogens is 524 g/mol. The van der Waals surface area contributed by atoms with E-state index in [-0.39, 0.29) is 0 Å². The smallest absolute Gasteiger partial charge is 0.160 e. The molecule has 8 rings (SSSR count). The number of furan rings is 1. The van der Waals surface area contributed by atoms with E-state index in [9.17, 15) is 0 Å². The van der Waals surface area contributed by atoms with Crippen LogP contribution in [0.2, 0.25) is 0 Å². The lowest BCUT2D eigenvalue weighted by Gasteiger charge is -2.10. The Bertz CT molecular complexity index is 2140. The molecule has 0 unspecified atom stereocenters. The quantitative estimate of drug-likeness (QED) is 0.214. The van der Waals surface area contributed by atoms with Crippen LogP contribution in [0.15, 0.2) is 162 Å². The molecule has 0 bridgehead atoms. The molecule has 202 valence electrons. The molecule has 0 aliphatic heterocycles. The molecule has 3 heteroatoms. The van der Waals surface area contributed by atoms with Crippen LogP contribution < -0.4 is 0 Å². The van der Waals surface area contributed by atoms with Gasteiger partial charge in [-0.15, -0.1) is 0 Å². The zero-order valence-electron chi connectivity index (χ0n) is 23.3. The fraction of sp³-hybridized carbons (Fsp3) is 0. The van der Waals surface area contributed by atoms with Gasteiger partial charge in [-0.05, 0) is 46.5 Å². The molecular formula is C40H26N2O. The van der Waals surface area contributed by atoms with E-state index in [1.165, 1.54) is 16.7 Å². The third-order valence-electron chi connectivity index (χ3n) is 7.94. The molecule has 0 radical (unpaired) electrons. The zero-order chi connectivity index (χ0) is 28.6. The van der Waals surface area contributed by atoms with Crippen molar-refractivity contribution in [3.8, 4) is 56.2 Å². The normalized spacial score (nSPS) is 11.3. The predicted octanol–water partition coefficient (Wildman–Crippen LogP) is 10.7. The molecule has 0 aliphatic rings. The van der Waals surface area contributed by atoms with E-state index in [0.29, 0.717) is 0 Å². The SMILES string of the molecule is c1ccc(-c2cc(-c3ccc(-c4ccc(-c5ccc6oc7ccccc7c6c5)cc4)cc3)nc(-c3ccccc3)n2)cc1. The van der Waals surface area contributed by atoms with Crippen molar-refractivity contribution in [3.63, 3.8) is 0 Å². The summed E-state index contributed by atoms with van der Waals surface area (Å²) in [7, 11) is 0. The summed E-state index contributed by atoms with van der Waals surface area (Å²) in [5.74, 6) is 0.721. The molecule has 6 aromatic carbocycles. The van der Waals surface area contributed by atoms with Gasteiger partial charge in [0.05, 0.1) is 11.4 Å². The van der Waals surface area contributed by atoms with Gasteiger partial charge in [0.25, 0.3) is 0 Å². The number of benzene rings is 6. The van der Waals surface area contributed by atoms with Crippen molar-refractivity contribution in [2.45, 2.75) is 0 Å². The molecule has 0 fully saturated rings. The van der Waals surface area contributed by atoms with Gasteiger partial charge in [-0.1, -0.05) is 133 Å². The molecule has 43 heavy (non-hydrogen) atoms. The third-order valence-corrected chi connectivity index (χ3v) is 7.94. The highest BCUT2D eigenvalue weighted by Crippen LogP contribution is 2.34. The monoisotopic (exact) mass is 550 g/mol. The van der Waals surface area contributed by atoms with Crippen LogP contribution in [0.5, 0.6) is 0 Å². The van der Waals surface area contributed by atoms with Crippen LogP contribution in [0.3, 0.4) is 0 Å². The fourth-order valence-electron chi connectivity index (χ4n) is 5.66. The average molecular weight is 551 g/mol. The molecule has 0 N–H and O–H groups in total. The van der Waals surface area contributed by atoms with Crippen LogP contribution in [0.4, 0.5) is 0 Å². The highest BCUT2D eigenvalue weighted by molar-refractivity contribution is 6.06. The summed E-state index contributed by atoms with van der Waals surface area (Å²) in [6, 6.07) is 54.5. The van der Waals surface area contributed by atoms with Gasteiger partial charge in [0.1, 0.15) is 11.2 Å². The van der Waals surface area contributed by atoms with Gasteiger partial charge >= 0.3 is 0 Å². The summed E-state index contributed by atoms with van der Waals surface area (Å²) in [6.07, 6.45) is 0. The number of hydrogen-bond donors (Lipinski definition) is 0. The van der Waals surface area contributed by atoms with Crippen molar-refractivity contribution in [1.29, 1.82) is 0 Å². The number of para-hydroxylation sites is 1. The van der Waals surface area contributed by atoms with Gasteiger partial charge in [-0.25, -0.2) is 9.97 Å². The minimum Gasteiger partial charge on any atom is -0.456 e. The number of nitrogens with zero attached hydrogens (tertiary/aromatic N) is 2. The van der Waals surface area contributed by atoms with Crippen LogP contribution >= 0.6 is 0 Å². The molecule has 8 aromatic rings. The predicted molar refractivity (Wildman–Crippen MR) is 176 cm³/mol. The topological polar surface area (TPSA) is 38.9 Å². The average Bonchev–Trinajstić information content (AvgIpc) is 3.47. The summed E-state index contributed by atoms with van der Waals surface area (Å²) in [6.45, 7) is 0. The standard InChI is InChI=1S/C40H26N2O/c1-3-9-30(10-4-1)36-26-37(42-40(41-36)32-11-5-2-6-12-32)31-21-19-28(20-22-31)27-15-17-29(18-16-27)33-23-24-39-35(25-33)34-13-7-8-14-38(34)43-39/h1-26H. The molecule has 0 saturated heterocycles. The Kier molecular flexibility index (Phi) is 6.12. The van der Waals surface area contributed by atoms with E-state index in [4.69, 9.17) is 14.4 Å². The Balaban J connectivity index is 1.11. The van der Waals surface area contributed by atoms with E-state index >= 15 is 0 Å². The minimum atomic E-state index is 0.721. The zero-order valence-corrected chi connectivity index (χ0v) is 23.3. The number of fused-ring (bicyclic) bond motifs is 3. The maximum atomic E-state index is 6.01. The highest BCUT2D eigenvalue weighted by atomic mass is 16.3. The largest absolute Gasteiger partial charge is 0.456 e. The van der Waals surface area contributed by atoms with Gasteiger partial charge in [-0.3, -0.25) is 0 Å². The number of rotatable bonds is 5. The van der Waals surface area contributed by atoms with Gasteiger partial charge in [0, 0.05) is 27.5 Å². The number of aromatic nitrogens is 2. The lowest BCUT2D eigenvalue weighted by molar-refractivity contribution is 0.669.